The van der Waals surface area contributed by atoms with E-state index in [1.807, 2.05) is 12.1 Å². The first kappa shape index (κ1) is 5.57. The second kappa shape index (κ2) is 2.68. The standard InChI is InChI=1S/C7H7S/c1-2-4-7-5-3-6-8-7/h2-3,5H,1,4H2. The van der Waals surface area contributed by atoms with Crippen molar-refractivity contribution in [1.29, 1.82) is 0 Å². The lowest BCUT2D eigenvalue weighted by atomic mass is 10.3. The van der Waals surface area contributed by atoms with E-state index < -0.39 is 0 Å². The Kier molecular flexibility index (Phi) is 1.86. The van der Waals surface area contributed by atoms with Gasteiger partial charge in [-0.25, -0.2) is 0 Å². The predicted molar refractivity (Wildman–Crippen MR) is 37.1 cm³/mol. The van der Waals surface area contributed by atoms with Crippen LogP contribution in [-0.2, 0) is 6.42 Å². The van der Waals surface area contributed by atoms with Crippen LogP contribution in [0.1, 0.15) is 4.88 Å². The van der Waals surface area contributed by atoms with E-state index >= 15 is 0 Å². The summed E-state index contributed by atoms with van der Waals surface area (Å²) in [6, 6.07) is 4.00. The number of hydrogen-bond donors (Lipinski definition) is 0. The molecule has 0 saturated heterocycles. The van der Waals surface area contributed by atoms with Gasteiger partial charge >= 0.3 is 0 Å². The lowest BCUT2D eigenvalue weighted by Gasteiger charge is -1.81. The molecule has 0 fully saturated rings. The summed E-state index contributed by atoms with van der Waals surface area (Å²) in [6.45, 7) is 3.63. The van der Waals surface area contributed by atoms with Crippen molar-refractivity contribution >= 4 is 11.3 Å². The monoisotopic (exact) mass is 123 g/mol. The van der Waals surface area contributed by atoms with Gasteiger partial charge in [0.1, 0.15) is 0 Å². The summed E-state index contributed by atoms with van der Waals surface area (Å²) in [5.74, 6) is 0. The second-order valence-corrected chi connectivity index (χ2v) is 2.48. The largest absolute Gasteiger partial charge is 0.139 e. The molecule has 0 aliphatic carbocycles. The van der Waals surface area contributed by atoms with Gasteiger partial charge in [0.25, 0.3) is 0 Å². The van der Waals surface area contributed by atoms with Gasteiger partial charge in [0.15, 0.2) is 0 Å². The zero-order valence-corrected chi connectivity index (χ0v) is 5.37. The van der Waals surface area contributed by atoms with Gasteiger partial charge in [-0.15, -0.1) is 17.9 Å². The quantitative estimate of drug-likeness (QED) is 0.529. The Labute approximate surface area is 53.5 Å². The lowest BCUT2D eigenvalue weighted by molar-refractivity contribution is 1.36. The minimum absolute atomic E-state index is 0.980. The molecule has 0 bridgehead atoms. The van der Waals surface area contributed by atoms with Gasteiger partial charge in [0, 0.05) is 10.3 Å². The van der Waals surface area contributed by atoms with E-state index in [9.17, 15) is 0 Å². The molecule has 1 aromatic rings. The van der Waals surface area contributed by atoms with Crippen molar-refractivity contribution < 1.29 is 0 Å². The van der Waals surface area contributed by atoms with Gasteiger partial charge in [-0.3, -0.25) is 0 Å². The van der Waals surface area contributed by atoms with Crippen LogP contribution in [0.2, 0.25) is 0 Å². The third kappa shape index (κ3) is 1.20. The normalized spacial score (nSPS) is 9.00. The number of thiophene rings is 1. The Hall–Kier alpha value is -0.560. The van der Waals surface area contributed by atoms with Crippen molar-refractivity contribution in [3.8, 4) is 0 Å². The number of rotatable bonds is 2. The molecule has 0 aliphatic rings. The molecular weight excluding hydrogens is 116 g/mol. The second-order valence-electron chi connectivity index (χ2n) is 1.51. The average molecular weight is 123 g/mol. The van der Waals surface area contributed by atoms with Crippen LogP contribution in [0.15, 0.2) is 24.8 Å². The van der Waals surface area contributed by atoms with E-state index in [1.165, 1.54) is 4.88 Å². The fourth-order valence-corrected chi connectivity index (χ4v) is 1.15. The molecule has 0 amide bonds. The van der Waals surface area contributed by atoms with Crippen LogP contribution in [-0.4, -0.2) is 0 Å². The SMILES string of the molecule is C=CCc1cc[c]s1. The fourth-order valence-electron chi connectivity index (χ4n) is 0.523. The van der Waals surface area contributed by atoms with Crippen LogP contribution in [0.3, 0.4) is 0 Å². The molecular formula is C7H7S. The van der Waals surface area contributed by atoms with Crippen LogP contribution < -0.4 is 0 Å². The van der Waals surface area contributed by atoms with Crippen molar-refractivity contribution in [3.63, 3.8) is 0 Å². The molecule has 1 aromatic heterocycles. The van der Waals surface area contributed by atoms with Crippen LogP contribution in [0, 0.1) is 5.38 Å². The Balaban J connectivity index is 2.62. The van der Waals surface area contributed by atoms with Crippen molar-refractivity contribution in [3.05, 3.63) is 35.0 Å². The van der Waals surface area contributed by atoms with Gasteiger partial charge in [-0.2, -0.15) is 0 Å². The predicted octanol–water partition coefficient (Wildman–Crippen LogP) is 2.28. The smallest absolute Gasteiger partial charge is 0.0445 e. The Morgan fingerprint density at radius 3 is 3.25 bits per heavy atom. The highest BCUT2D eigenvalue weighted by atomic mass is 32.1. The van der Waals surface area contributed by atoms with Crippen molar-refractivity contribution in [2.75, 3.05) is 0 Å². The summed E-state index contributed by atoms with van der Waals surface area (Å²) in [7, 11) is 0. The number of hydrogen-bond acceptors (Lipinski definition) is 1. The molecule has 0 aliphatic heterocycles. The van der Waals surface area contributed by atoms with E-state index in [4.69, 9.17) is 0 Å². The van der Waals surface area contributed by atoms with Crippen LogP contribution in [0.25, 0.3) is 0 Å². The molecule has 0 atom stereocenters. The summed E-state index contributed by atoms with van der Waals surface area (Å²) < 4.78 is 0. The van der Waals surface area contributed by atoms with Gasteiger partial charge in [-0.05, 0) is 18.6 Å². The third-order valence-electron chi connectivity index (χ3n) is 0.873. The zero-order valence-electron chi connectivity index (χ0n) is 4.55. The summed E-state index contributed by atoms with van der Waals surface area (Å²) in [4.78, 5) is 1.33. The topological polar surface area (TPSA) is 0 Å². The molecule has 8 heavy (non-hydrogen) atoms. The minimum Gasteiger partial charge on any atom is -0.139 e. The summed E-state index contributed by atoms with van der Waals surface area (Å²) in [6.07, 6.45) is 2.88. The highest BCUT2D eigenvalue weighted by Crippen LogP contribution is 2.07. The van der Waals surface area contributed by atoms with Gasteiger partial charge < -0.3 is 0 Å². The molecule has 0 saturated carbocycles. The lowest BCUT2D eigenvalue weighted by Crippen LogP contribution is -1.66. The molecule has 41 valence electrons. The maximum absolute atomic E-state index is 3.63. The molecule has 1 heterocycles. The van der Waals surface area contributed by atoms with Crippen molar-refractivity contribution in [1.82, 2.24) is 0 Å². The van der Waals surface area contributed by atoms with E-state index in [-0.39, 0.29) is 0 Å². The van der Waals surface area contributed by atoms with E-state index in [1.54, 1.807) is 11.3 Å². The van der Waals surface area contributed by atoms with Gasteiger partial charge in [-0.1, -0.05) is 6.08 Å². The van der Waals surface area contributed by atoms with Gasteiger partial charge in [0.2, 0.25) is 0 Å². The first-order valence-electron chi connectivity index (χ1n) is 2.49. The third-order valence-corrected chi connectivity index (χ3v) is 1.69. The minimum atomic E-state index is 0.980. The van der Waals surface area contributed by atoms with E-state index in [0.717, 1.165) is 6.42 Å². The molecule has 0 spiro atoms. The van der Waals surface area contributed by atoms with Crippen molar-refractivity contribution in [2.45, 2.75) is 6.42 Å². The summed E-state index contributed by atoms with van der Waals surface area (Å²) in [5.41, 5.74) is 0. The molecule has 0 unspecified atom stereocenters. The highest BCUT2D eigenvalue weighted by molar-refractivity contribution is 7.09. The number of allylic oxidation sites excluding steroid dienone is 1. The fraction of sp³-hybridized carbons (Fsp3) is 0.143. The van der Waals surface area contributed by atoms with Crippen LogP contribution in [0.4, 0.5) is 0 Å². The molecule has 1 heteroatoms. The molecule has 0 nitrogen and oxygen atoms in total. The zero-order chi connectivity index (χ0) is 5.82. The van der Waals surface area contributed by atoms with Crippen LogP contribution in [0.5, 0.6) is 0 Å². The molecule has 0 aromatic carbocycles. The first-order valence-corrected chi connectivity index (χ1v) is 3.31. The Morgan fingerprint density at radius 2 is 2.75 bits per heavy atom. The maximum Gasteiger partial charge on any atom is 0.0445 e. The maximum atomic E-state index is 3.63. The van der Waals surface area contributed by atoms with E-state index in [2.05, 4.69) is 18.0 Å². The Bertz CT molecular complexity index is 151. The summed E-state index contributed by atoms with van der Waals surface area (Å²) >= 11 is 1.65. The molecule has 1 radical (unpaired) electrons. The highest BCUT2D eigenvalue weighted by Gasteiger charge is 1.85. The first-order chi connectivity index (χ1) is 3.93. The van der Waals surface area contributed by atoms with Gasteiger partial charge in [0.05, 0.1) is 0 Å². The van der Waals surface area contributed by atoms with Crippen LogP contribution >= 0.6 is 11.3 Å². The molecule has 1 rings (SSSR count). The summed E-state index contributed by atoms with van der Waals surface area (Å²) in [5, 5.41) is 3.01. The van der Waals surface area contributed by atoms with E-state index in [0.29, 0.717) is 0 Å². The van der Waals surface area contributed by atoms with Crippen molar-refractivity contribution in [2.24, 2.45) is 0 Å². The average Bonchev–Trinajstić information content (AvgIpc) is 2.19. The Morgan fingerprint density at radius 1 is 1.88 bits per heavy atom. The molecule has 0 N–H and O–H groups in total.